The molecular weight excluding hydrogens is 312 g/mol. The first kappa shape index (κ1) is 15.8. The van der Waals surface area contributed by atoms with Gasteiger partial charge in [0.2, 0.25) is 0 Å². The van der Waals surface area contributed by atoms with Gasteiger partial charge in [-0.15, -0.1) is 0 Å². The van der Waals surface area contributed by atoms with Crippen LogP contribution in [0.2, 0.25) is 0 Å². The lowest BCUT2D eigenvalue weighted by atomic mass is 10.3. The van der Waals surface area contributed by atoms with Crippen LogP contribution in [0.25, 0.3) is 11.0 Å². The van der Waals surface area contributed by atoms with Crippen LogP contribution in [0.3, 0.4) is 0 Å². The number of anilines is 1. The van der Waals surface area contributed by atoms with Crippen LogP contribution in [-0.4, -0.2) is 39.0 Å². The summed E-state index contributed by atoms with van der Waals surface area (Å²) in [4.78, 5) is 19.8. The fraction of sp³-hybridized carbons (Fsp3) is 0.333. The van der Waals surface area contributed by atoms with E-state index in [9.17, 15) is 4.79 Å². The zero-order chi connectivity index (χ0) is 16.8. The van der Waals surface area contributed by atoms with Crippen LogP contribution in [0.15, 0.2) is 35.3 Å². The number of carbonyl (C=O) groups is 1. The molecule has 0 bridgehead atoms. The van der Waals surface area contributed by atoms with E-state index in [1.54, 1.807) is 24.1 Å². The van der Waals surface area contributed by atoms with E-state index < -0.39 is 6.09 Å². The average Bonchev–Trinajstić information content (AvgIpc) is 3.23. The number of hydrogen-bond donors (Lipinski definition) is 2. The van der Waals surface area contributed by atoms with E-state index in [0.29, 0.717) is 37.7 Å². The summed E-state index contributed by atoms with van der Waals surface area (Å²) in [6, 6.07) is 3.72. The van der Waals surface area contributed by atoms with Crippen molar-refractivity contribution in [1.29, 1.82) is 0 Å². The molecule has 0 aliphatic heterocycles. The Hall–Kier alpha value is -3.10. The Kier molecular flexibility index (Phi) is 4.90. The molecule has 9 nitrogen and oxygen atoms in total. The number of fused-ring (bicyclic) bond motifs is 1. The minimum absolute atomic E-state index is 0.342. The van der Waals surface area contributed by atoms with Crippen molar-refractivity contribution in [1.82, 2.24) is 25.1 Å². The summed E-state index contributed by atoms with van der Waals surface area (Å²) in [5.41, 5.74) is 0.692. The van der Waals surface area contributed by atoms with Crippen LogP contribution in [0.1, 0.15) is 12.7 Å². The van der Waals surface area contributed by atoms with Gasteiger partial charge in [-0.3, -0.25) is 0 Å². The van der Waals surface area contributed by atoms with Gasteiger partial charge >= 0.3 is 6.09 Å². The molecule has 3 rings (SSSR count). The molecule has 0 spiro atoms. The fourth-order valence-electron chi connectivity index (χ4n) is 2.23. The second kappa shape index (κ2) is 7.44. The third-order valence-electron chi connectivity index (χ3n) is 3.31. The summed E-state index contributed by atoms with van der Waals surface area (Å²) in [6.07, 6.45) is 4.36. The Bertz CT molecular complexity index is 799. The molecule has 0 fully saturated rings. The van der Waals surface area contributed by atoms with Gasteiger partial charge < -0.3 is 19.8 Å². The molecule has 2 N–H and O–H groups in total. The molecular formula is C15H18N6O3. The molecule has 24 heavy (non-hydrogen) atoms. The van der Waals surface area contributed by atoms with E-state index in [1.807, 2.05) is 12.1 Å². The molecule has 3 aromatic heterocycles. The van der Waals surface area contributed by atoms with Gasteiger partial charge in [-0.05, 0) is 19.1 Å². The van der Waals surface area contributed by atoms with Gasteiger partial charge in [0, 0.05) is 6.54 Å². The number of rotatable bonds is 7. The van der Waals surface area contributed by atoms with Crippen LogP contribution in [0, 0.1) is 0 Å². The fourth-order valence-corrected chi connectivity index (χ4v) is 2.23. The van der Waals surface area contributed by atoms with Crippen molar-refractivity contribution in [3.05, 3.63) is 36.7 Å². The first-order valence-corrected chi connectivity index (χ1v) is 7.61. The zero-order valence-corrected chi connectivity index (χ0v) is 13.2. The van der Waals surface area contributed by atoms with Gasteiger partial charge in [0.1, 0.15) is 17.9 Å². The molecule has 0 radical (unpaired) electrons. The summed E-state index contributed by atoms with van der Waals surface area (Å²) in [7, 11) is 0. The molecule has 9 heteroatoms. The molecule has 0 unspecified atom stereocenters. The lowest BCUT2D eigenvalue weighted by Crippen LogP contribution is -2.28. The van der Waals surface area contributed by atoms with Crippen molar-refractivity contribution < 1.29 is 13.9 Å². The second-order valence-corrected chi connectivity index (χ2v) is 4.91. The highest BCUT2D eigenvalue weighted by Crippen LogP contribution is 2.19. The van der Waals surface area contributed by atoms with Crippen molar-refractivity contribution in [2.24, 2.45) is 0 Å². The third kappa shape index (κ3) is 3.62. The molecule has 0 atom stereocenters. The first-order chi connectivity index (χ1) is 11.8. The van der Waals surface area contributed by atoms with E-state index in [0.717, 1.165) is 11.1 Å². The smallest absolute Gasteiger partial charge is 0.407 e. The second-order valence-electron chi connectivity index (χ2n) is 4.91. The van der Waals surface area contributed by atoms with Crippen LogP contribution in [-0.2, 0) is 17.8 Å². The molecule has 0 aromatic carbocycles. The molecule has 0 aliphatic rings. The monoisotopic (exact) mass is 330 g/mol. The Morgan fingerprint density at radius 3 is 3.12 bits per heavy atom. The summed E-state index contributed by atoms with van der Waals surface area (Å²) in [5, 5.41) is 11.0. The van der Waals surface area contributed by atoms with Crippen LogP contribution < -0.4 is 10.6 Å². The normalized spacial score (nSPS) is 10.7. The Balaban J connectivity index is 1.66. The number of aromatic nitrogens is 4. The van der Waals surface area contributed by atoms with Crippen molar-refractivity contribution in [2.75, 3.05) is 18.5 Å². The summed E-state index contributed by atoms with van der Waals surface area (Å²) < 4.78 is 11.8. The Morgan fingerprint density at radius 2 is 2.33 bits per heavy atom. The van der Waals surface area contributed by atoms with Gasteiger partial charge in [-0.1, -0.05) is 0 Å². The van der Waals surface area contributed by atoms with E-state index in [2.05, 4.69) is 25.7 Å². The molecule has 0 aliphatic carbocycles. The number of hydrogen-bond acceptors (Lipinski definition) is 7. The standard InChI is InChI=1S/C15H18N6O3/c1-2-23-15(22)16-5-6-21-14-12(9-20-21)13(18-10-19-14)17-8-11-4-3-7-24-11/h3-4,7,9-10H,2,5-6,8H2,1H3,(H,16,22)(H,17,18,19). The van der Waals surface area contributed by atoms with Crippen molar-refractivity contribution >= 4 is 22.9 Å². The number of alkyl carbamates (subject to hydrolysis) is 1. The molecule has 3 heterocycles. The minimum Gasteiger partial charge on any atom is -0.467 e. The van der Waals surface area contributed by atoms with Crippen LogP contribution in [0.5, 0.6) is 0 Å². The zero-order valence-electron chi connectivity index (χ0n) is 13.2. The Morgan fingerprint density at radius 1 is 1.42 bits per heavy atom. The lowest BCUT2D eigenvalue weighted by Gasteiger charge is -2.07. The van der Waals surface area contributed by atoms with Gasteiger partial charge in [0.05, 0.1) is 37.5 Å². The number of furan rings is 1. The van der Waals surface area contributed by atoms with Gasteiger partial charge in [0.15, 0.2) is 5.65 Å². The highest BCUT2D eigenvalue weighted by Gasteiger charge is 2.10. The molecule has 0 saturated carbocycles. The maximum Gasteiger partial charge on any atom is 0.407 e. The summed E-state index contributed by atoms with van der Waals surface area (Å²) in [5.74, 6) is 1.49. The predicted octanol–water partition coefficient (Wildman–Crippen LogP) is 1.78. The average molecular weight is 330 g/mol. The SMILES string of the molecule is CCOC(=O)NCCn1ncc2c(NCc3ccco3)ncnc21. The summed E-state index contributed by atoms with van der Waals surface area (Å²) >= 11 is 0. The molecule has 1 amide bonds. The number of nitrogens with zero attached hydrogens (tertiary/aromatic N) is 4. The third-order valence-corrected chi connectivity index (χ3v) is 3.31. The van der Waals surface area contributed by atoms with E-state index in [-0.39, 0.29) is 0 Å². The van der Waals surface area contributed by atoms with Gasteiger partial charge in [0.25, 0.3) is 0 Å². The lowest BCUT2D eigenvalue weighted by molar-refractivity contribution is 0.152. The number of amides is 1. The quantitative estimate of drug-likeness (QED) is 0.680. The van der Waals surface area contributed by atoms with Crippen molar-refractivity contribution in [3.63, 3.8) is 0 Å². The first-order valence-electron chi connectivity index (χ1n) is 7.61. The summed E-state index contributed by atoms with van der Waals surface area (Å²) in [6.45, 7) is 3.50. The van der Waals surface area contributed by atoms with Crippen LogP contribution in [0.4, 0.5) is 10.6 Å². The largest absolute Gasteiger partial charge is 0.467 e. The number of ether oxygens (including phenoxy) is 1. The van der Waals surface area contributed by atoms with Crippen LogP contribution >= 0.6 is 0 Å². The minimum atomic E-state index is -0.440. The Labute approximate surface area is 138 Å². The van der Waals surface area contributed by atoms with Gasteiger partial charge in [-0.2, -0.15) is 5.10 Å². The maximum absolute atomic E-state index is 11.3. The topological polar surface area (TPSA) is 107 Å². The number of nitrogens with one attached hydrogen (secondary N) is 2. The maximum atomic E-state index is 11.3. The van der Waals surface area contributed by atoms with E-state index in [1.165, 1.54) is 6.33 Å². The predicted molar refractivity (Wildman–Crippen MR) is 86.4 cm³/mol. The van der Waals surface area contributed by atoms with Crippen molar-refractivity contribution in [2.45, 2.75) is 20.0 Å². The van der Waals surface area contributed by atoms with E-state index >= 15 is 0 Å². The van der Waals surface area contributed by atoms with Gasteiger partial charge in [-0.25, -0.2) is 19.4 Å². The van der Waals surface area contributed by atoms with E-state index in [4.69, 9.17) is 9.15 Å². The number of carbonyl (C=O) groups excluding carboxylic acids is 1. The highest BCUT2D eigenvalue weighted by atomic mass is 16.5. The highest BCUT2D eigenvalue weighted by molar-refractivity contribution is 5.86. The molecule has 126 valence electrons. The molecule has 3 aromatic rings. The van der Waals surface area contributed by atoms with Crippen molar-refractivity contribution in [3.8, 4) is 0 Å². The molecule has 0 saturated heterocycles.